The molecule has 0 aliphatic carbocycles. The zero-order chi connectivity index (χ0) is 15.5. The average molecular weight is 309 g/mol. The summed E-state index contributed by atoms with van der Waals surface area (Å²) in [6.07, 6.45) is 0. The van der Waals surface area contributed by atoms with E-state index in [2.05, 4.69) is 53.8 Å². The predicted octanol–water partition coefficient (Wildman–Crippen LogP) is 0.498. The number of aromatic nitrogens is 1. The van der Waals surface area contributed by atoms with Crippen LogP contribution in [0.5, 0.6) is 0 Å². The van der Waals surface area contributed by atoms with Crippen molar-refractivity contribution in [1.82, 2.24) is 4.98 Å². The molecule has 3 aromatic rings. The lowest BCUT2D eigenvalue weighted by atomic mass is 10.1. The predicted molar refractivity (Wildman–Crippen MR) is 92.1 cm³/mol. The molecule has 1 aliphatic rings. The van der Waals surface area contributed by atoms with Gasteiger partial charge in [0.05, 0.1) is 35.0 Å². The van der Waals surface area contributed by atoms with E-state index in [9.17, 15) is 0 Å². The van der Waals surface area contributed by atoms with Crippen LogP contribution < -0.4 is 10.2 Å². The Hall–Kier alpha value is -2.01. The molecule has 0 atom stereocenters. The summed E-state index contributed by atoms with van der Waals surface area (Å²) in [5, 5.41) is 4.90. The summed E-state index contributed by atoms with van der Waals surface area (Å²) in [7, 11) is 0. The summed E-state index contributed by atoms with van der Waals surface area (Å²) in [5.74, 6) is 0. The van der Waals surface area contributed by atoms with Crippen molar-refractivity contribution in [2.24, 2.45) is 0 Å². The molecule has 4 heteroatoms. The number of ether oxygens (including phenoxy) is 1. The lowest BCUT2D eigenvalue weighted by Gasteiger charge is -2.23. The van der Waals surface area contributed by atoms with Gasteiger partial charge >= 0.3 is 0 Å². The SMILES string of the molecule is c1ccc2c([NH2+]CC[NH+]3CCOCC3)c3ccccc3nc2c1. The second kappa shape index (κ2) is 6.62. The molecule has 3 N–H and O–H groups in total. The number of rotatable bonds is 4. The third-order valence-electron chi connectivity index (χ3n) is 4.68. The number of morpholine rings is 1. The molecule has 23 heavy (non-hydrogen) atoms. The Kier molecular flexibility index (Phi) is 4.20. The molecule has 0 unspecified atom stereocenters. The summed E-state index contributed by atoms with van der Waals surface area (Å²) in [4.78, 5) is 6.44. The number of nitrogens with zero attached hydrogens (tertiary/aromatic N) is 1. The number of quaternary nitrogens is 2. The number of nitrogens with two attached hydrogens (primary N) is 1. The first-order valence-corrected chi connectivity index (χ1v) is 8.44. The van der Waals surface area contributed by atoms with Crippen molar-refractivity contribution in [3.05, 3.63) is 48.5 Å². The molecule has 4 nitrogen and oxygen atoms in total. The number of hydrogen-bond acceptors (Lipinski definition) is 2. The third-order valence-corrected chi connectivity index (χ3v) is 4.68. The van der Waals surface area contributed by atoms with E-state index in [1.165, 1.54) is 23.0 Å². The van der Waals surface area contributed by atoms with E-state index in [0.29, 0.717) is 0 Å². The zero-order valence-corrected chi connectivity index (χ0v) is 13.3. The van der Waals surface area contributed by atoms with Crippen molar-refractivity contribution in [2.45, 2.75) is 0 Å². The monoisotopic (exact) mass is 309 g/mol. The molecule has 1 aliphatic heterocycles. The standard InChI is InChI=1S/C19H21N3O/c1-3-7-17-15(5-1)19(16-6-2-4-8-18(16)21-17)20-9-10-22-11-13-23-14-12-22/h1-8H,9-14H2,(H,20,21)/p+2. The fourth-order valence-electron chi connectivity index (χ4n) is 3.42. The van der Waals surface area contributed by atoms with Crippen molar-refractivity contribution < 1.29 is 15.0 Å². The molecule has 0 bridgehead atoms. The molecule has 1 fully saturated rings. The van der Waals surface area contributed by atoms with Crippen molar-refractivity contribution >= 4 is 27.5 Å². The van der Waals surface area contributed by atoms with Crippen LogP contribution in [0.15, 0.2) is 48.5 Å². The van der Waals surface area contributed by atoms with E-state index in [-0.39, 0.29) is 0 Å². The molecule has 2 heterocycles. The van der Waals surface area contributed by atoms with Crippen LogP contribution in [0.4, 0.5) is 5.69 Å². The maximum Gasteiger partial charge on any atom is 0.148 e. The minimum absolute atomic E-state index is 0.899. The van der Waals surface area contributed by atoms with E-state index >= 15 is 0 Å². The van der Waals surface area contributed by atoms with Gasteiger partial charge in [-0.1, -0.05) is 24.3 Å². The van der Waals surface area contributed by atoms with Gasteiger partial charge in [-0.15, -0.1) is 0 Å². The smallest absolute Gasteiger partial charge is 0.148 e. The minimum atomic E-state index is 0.899. The van der Waals surface area contributed by atoms with Crippen molar-refractivity contribution in [3.63, 3.8) is 0 Å². The van der Waals surface area contributed by atoms with Gasteiger partial charge in [0, 0.05) is 0 Å². The summed E-state index contributed by atoms with van der Waals surface area (Å²) in [5.41, 5.74) is 3.49. The van der Waals surface area contributed by atoms with Crippen molar-refractivity contribution in [1.29, 1.82) is 0 Å². The number of nitrogens with one attached hydrogen (secondary N) is 1. The van der Waals surface area contributed by atoms with Crippen molar-refractivity contribution in [2.75, 3.05) is 39.4 Å². The number of para-hydroxylation sites is 2. The van der Waals surface area contributed by atoms with Crippen LogP contribution in [0.25, 0.3) is 21.8 Å². The number of fused-ring (bicyclic) bond motifs is 2. The Bertz CT molecular complexity index is 758. The first kappa shape index (κ1) is 14.6. The van der Waals surface area contributed by atoms with Crippen LogP contribution in [0.2, 0.25) is 0 Å². The van der Waals surface area contributed by atoms with Gasteiger partial charge in [-0.3, -0.25) is 0 Å². The summed E-state index contributed by atoms with van der Waals surface area (Å²) in [6, 6.07) is 16.9. The van der Waals surface area contributed by atoms with Crippen LogP contribution >= 0.6 is 0 Å². The molecule has 2 aromatic carbocycles. The first-order chi connectivity index (χ1) is 11.4. The van der Waals surface area contributed by atoms with E-state index in [1.807, 2.05) is 0 Å². The highest BCUT2D eigenvalue weighted by molar-refractivity contribution is 6.03. The summed E-state index contributed by atoms with van der Waals surface area (Å²) >= 11 is 0. The molecular formula is C19H23N3O+2. The molecule has 0 radical (unpaired) electrons. The molecule has 1 saturated heterocycles. The molecule has 4 rings (SSSR count). The quantitative estimate of drug-likeness (QED) is 0.689. The van der Waals surface area contributed by atoms with Gasteiger partial charge in [0.25, 0.3) is 0 Å². The highest BCUT2D eigenvalue weighted by Crippen LogP contribution is 2.26. The number of hydrogen-bond donors (Lipinski definition) is 2. The third kappa shape index (κ3) is 3.06. The number of benzene rings is 2. The highest BCUT2D eigenvalue weighted by Gasteiger charge is 2.16. The maximum absolute atomic E-state index is 5.44. The summed E-state index contributed by atoms with van der Waals surface area (Å²) in [6.45, 7) is 6.33. The fourth-order valence-corrected chi connectivity index (χ4v) is 3.42. The number of pyridine rings is 1. The van der Waals surface area contributed by atoms with Gasteiger partial charge in [0.1, 0.15) is 31.9 Å². The average Bonchev–Trinajstić information content (AvgIpc) is 2.62. The molecule has 1 aromatic heterocycles. The van der Waals surface area contributed by atoms with E-state index < -0.39 is 0 Å². The van der Waals surface area contributed by atoms with Crippen LogP contribution in [0.1, 0.15) is 0 Å². The van der Waals surface area contributed by atoms with Crippen LogP contribution in [0, 0.1) is 0 Å². The van der Waals surface area contributed by atoms with Gasteiger partial charge in [0.2, 0.25) is 0 Å². The van der Waals surface area contributed by atoms with Gasteiger partial charge in [-0.2, -0.15) is 0 Å². The molecule has 118 valence electrons. The van der Waals surface area contributed by atoms with E-state index in [4.69, 9.17) is 9.72 Å². The van der Waals surface area contributed by atoms with Crippen molar-refractivity contribution in [3.8, 4) is 0 Å². The molecule has 0 spiro atoms. The lowest BCUT2D eigenvalue weighted by molar-refractivity contribution is -0.916. The largest absolute Gasteiger partial charge is 0.370 e. The van der Waals surface area contributed by atoms with Crippen LogP contribution in [-0.4, -0.2) is 44.4 Å². The summed E-state index contributed by atoms with van der Waals surface area (Å²) < 4.78 is 5.44. The first-order valence-electron chi connectivity index (χ1n) is 8.44. The fraction of sp³-hybridized carbons (Fsp3) is 0.316. The highest BCUT2D eigenvalue weighted by atomic mass is 16.5. The zero-order valence-electron chi connectivity index (χ0n) is 13.3. The Labute approximate surface area is 136 Å². The van der Waals surface area contributed by atoms with Crippen LogP contribution in [0.3, 0.4) is 0 Å². The second-order valence-corrected chi connectivity index (χ2v) is 6.16. The van der Waals surface area contributed by atoms with Crippen LogP contribution in [-0.2, 0) is 4.74 Å². The Morgan fingerprint density at radius 3 is 2.17 bits per heavy atom. The van der Waals surface area contributed by atoms with Gasteiger partial charge < -0.3 is 15.0 Å². The van der Waals surface area contributed by atoms with Gasteiger partial charge in [0.15, 0.2) is 0 Å². The topological polar surface area (TPSA) is 43.2 Å². The van der Waals surface area contributed by atoms with Gasteiger partial charge in [-0.25, -0.2) is 4.98 Å². The molecular weight excluding hydrogens is 286 g/mol. The minimum Gasteiger partial charge on any atom is -0.370 e. The van der Waals surface area contributed by atoms with E-state index in [0.717, 1.165) is 43.9 Å². The Morgan fingerprint density at radius 1 is 0.913 bits per heavy atom. The van der Waals surface area contributed by atoms with E-state index in [1.54, 1.807) is 4.90 Å². The Balaban J connectivity index is 1.63. The molecule has 0 saturated carbocycles. The normalized spacial score (nSPS) is 16.2. The van der Waals surface area contributed by atoms with Gasteiger partial charge in [-0.05, 0) is 24.3 Å². The maximum atomic E-state index is 5.44. The molecule has 0 amide bonds. The Morgan fingerprint density at radius 2 is 1.52 bits per heavy atom. The second-order valence-electron chi connectivity index (χ2n) is 6.16. The lowest BCUT2D eigenvalue weighted by Crippen LogP contribution is -3.16.